The Labute approximate surface area is 123 Å². The molecule has 0 atom stereocenters. The molecule has 0 saturated carbocycles. The molecule has 0 saturated heterocycles. The van der Waals surface area contributed by atoms with Gasteiger partial charge in [0.05, 0.1) is 9.40 Å². The van der Waals surface area contributed by atoms with Crippen LogP contribution in [0.1, 0.15) is 5.56 Å². The number of aromatic nitrogens is 1. The largest absolute Gasteiger partial charge is 0.379 e. The highest BCUT2D eigenvalue weighted by atomic mass is 79.9. The molecule has 0 spiro atoms. The van der Waals surface area contributed by atoms with Crippen LogP contribution in [0.2, 0.25) is 0 Å². The summed E-state index contributed by atoms with van der Waals surface area (Å²) in [6.07, 6.45) is 4.03. The SMILES string of the molecule is O=[N+]([O-])c1cc(Br)c(F)cc1NCCc1cccnc1. The molecule has 1 heterocycles. The van der Waals surface area contributed by atoms with Crippen LogP contribution in [0.4, 0.5) is 15.8 Å². The van der Waals surface area contributed by atoms with Gasteiger partial charge >= 0.3 is 0 Å². The predicted molar refractivity (Wildman–Crippen MR) is 77.2 cm³/mol. The lowest BCUT2D eigenvalue weighted by Crippen LogP contribution is -2.07. The average molecular weight is 340 g/mol. The second kappa shape index (κ2) is 6.42. The van der Waals surface area contributed by atoms with E-state index in [4.69, 9.17) is 0 Å². The molecule has 2 rings (SSSR count). The number of anilines is 1. The van der Waals surface area contributed by atoms with E-state index in [0.29, 0.717) is 13.0 Å². The van der Waals surface area contributed by atoms with Crippen molar-refractivity contribution >= 4 is 27.3 Å². The minimum Gasteiger partial charge on any atom is -0.379 e. The fraction of sp³-hybridized carbons (Fsp3) is 0.154. The van der Waals surface area contributed by atoms with Gasteiger partial charge in [-0.1, -0.05) is 6.07 Å². The number of nitro groups is 1. The van der Waals surface area contributed by atoms with Gasteiger partial charge in [-0.25, -0.2) is 4.39 Å². The Balaban J connectivity index is 2.09. The fourth-order valence-electron chi connectivity index (χ4n) is 1.72. The summed E-state index contributed by atoms with van der Waals surface area (Å²) in [5.41, 5.74) is 1.00. The first-order valence-electron chi connectivity index (χ1n) is 5.84. The van der Waals surface area contributed by atoms with Gasteiger partial charge in [-0.2, -0.15) is 0 Å². The average Bonchev–Trinajstić information content (AvgIpc) is 2.43. The number of nitro benzene ring substituents is 1. The van der Waals surface area contributed by atoms with Crippen molar-refractivity contribution in [2.45, 2.75) is 6.42 Å². The van der Waals surface area contributed by atoms with Crippen molar-refractivity contribution in [1.82, 2.24) is 4.98 Å². The minimum absolute atomic E-state index is 0.0713. The van der Waals surface area contributed by atoms with Crippen molar-refractivity contribution in [1.29, 1.82) is 0 Å². The molecule has 0 aliphatic rings. The van der Waals surface area contributed by atoms with Gasteiger partial charge in [0.15, 0.2) is 0 Å². The number of halogens is 2. The molecule has 7 heteroatoms. The summed E-state index contributed by atoms with van der Waals surface area (Å²) in [5, 5.41) is 13.8. The molecule has 20 heavy (non-hydrogen) atoms. The third-order valence-corrected chi connectivity index (χ3v) is 3.29. The first-order chi connectivity index (χ1) is 9.58. The van der Waals surface area contributed by atoms with E-state index in [2.05, 4.69) is 26.2 Å². The van der Waals surface area contributed by atoms with E-state index in [9.17, 15) is 14.5 Å². The van der Waals surface area contributed by atoms with Gasteiger partial charge in [-0.15, -0.1) is 0 Å². The molecule has 0 bridgehead atoms. The lowest BCUT2D eigenvalue weighted by molar-refractivity contribution is -0.384. The molecule has 1 aromatic carbocycles. The van der Waals surface area contributed by atoms with E-state index < -0.39 is 10.7 Å². The van der Waals surface area contributed by atoms with E-state index in [1.54, 1.807) is 12.4 Å². The Kier molecular flexibility index (Phi) is 4.62. The van der Waals surface area contributed by atoms with Crippen LogP contribution in [-0.2, 0) is 6.42 Å². The molecule has 0 fully saturated rings. The van der Waals surface area contributed by atoms with Crippen LogP contribution < -0.4 is 5.32 Å². The van der Waals surface area contributed by atoms with Gasteiger partial charge in [0.2, 0.25) is 0 Å². The third-order valence-electron chi connectivity index (χ3n) is 2.69. The monoisotopic (exact) mass is 339 g/mol. The van der Waals surface area contributed by atoms with Crippen molar-refractivity contribution in [3.05, 3.63) is 62.6 Å². The maximum atomic E-state index is 13.5. The zero-order valence-corrected chi connectivity index (χ0v) is 11.9. The smallest absolute Gasteiger partial charge is 0.293 e. The first-order valence-corrected chi connectivity index (χ1v) is 6.63. The zero-order chi connectivity index (χ0) is 14.5. The van der Waals surface area contributed by atoms with Crippen LogP contribution >= 0.6 is 15.9 Å². The summed E-state index contributed by atoms with van der Waals surface area (Å²) in [6.45, 7) is 0.452. The standard InChI is InChI=1S/C13H11BrFN3O2/c14-10-6-13(18(19)20)12(7-11(10)15)17-5-3-9-2-1-4-16-8-9/h1-2,4,6-8,17H,3,5H2. The van der Waals surface area contributed by atoms with E-state index >= 15 is 0 Å². The van der Waals surface area contributed by atoms with Gasteiger partial charge in [0, 0.05) is 31.1 Å². The number of hydrogen-bond acceptors (Lipinski definition) is 4. The molecule has 0 amide bonds. The lowest BCUT2D eigenvalue weighted by Gasteiger charge is -2.08. The Morgan fingerprint density at radius 2 is 2.25 bits per heavy atom. The van der Waals surface area contributed by atoms with Crippen LogP contribution in [0.25, 0.3) is 0 Å². The predicted octanol–water partition coefficient (Wildman–Crippen LogP) is 3.55. The lowest BCUT2D eigenvalue weighted by atomic mass is 10.2. The molecule has 5 nitrogen and oxygen atoms in total. The van der Waals surface area contributed by atoms with Crippen molar-refractivity contribution in [2.75, 3.05) is 11.9 Å². The number of nitrogens with zero attached hydrogens (tertiary/aromatic N) is 2. The quantitative estimate of drug-likeness (QED) is 0.668. The van der Waals surface area contributed by atoms with Crippen molar-refractivity contribution in [2.24, 2.45) is 0 Å². The summed E-state index contributed by atoms with van der Waals surface area (Å²) in [5.74, 6) is -0.542. The topological polar surface area (TPSA) is 68.1 Å². The maximum Gasteiger partial charge on any atom is 0.293 e. The molecule has 104 valence electrons. The van der Waals surface area contributed by atoms with Gasteiger partial charge < -0.3 is 5.32 Å². The molecule has 0 aliphatic carbocycles. The number of benzene rings is 1. The molecule has 1 N–H and O–H groups in total. The highest BCUT2D eigenvalue weighted by Gasteiger charge is 2.17. The van der Waals surface area contributed by atoms with E-state index in [1.165, 1.54) is 0 Å². The number of nitrogens with one attached hydrogen (secondary N) is 1. The maximum absolute atomic E-state index is 13.5. The number of pyridine rings is 1. The molecule has 2 aromatic rings. The Morgan fingerprint density at radius 3 is 2.90 bits per heavy atom. The molecular weight excluding hydrogens is 329 g/mol. The third kappa shape index (κ3) is 3.51. The van der Waals surface area contributed by atoms with Crippen LogP contribution in [-0.4, -0.2) is 16.5 Å². The Bertz CT molecular complexity index is 623. The summed E-state index contributed by atoms with van der Waals surface area (Å²) in [4.78, 5) is 14.4. The van der Waals surface area contributed by atoms with Crippen LogP contribution in [0, 0.1) is 15.9 Å². The van der Waals surface area contributed by atoms with E-state index in [0.717, 1.165) is 17.7 Å². The minimum atomic E-state index is -0.545. The van der Waals surface area contributed by atoms with Gasteiger partial charge in [0.25, 0.3) is 5.69 Å². The molecular formula is C13H11BrFN3O2. The van der Waals surface area contributed by atoms with Gasteiger partial charge in [0.1, 0.15) is 11.5 Å². The van der Waals surface area contributed by atoms with Crippen LogP contribution in [0.15, 0.2) is 41.1 Å². The van der Waals surface area contributed by atoms with E-state index in [1.807, 2.05) is 12.1 Å². The molecule has 0 radical (unpaired) electrons. The zero-order valence-electron chi connectivity index (χ0n) is 10.3. The van der Waals surface area contributed by atoms with Crippen molar-refractivity contribution in [3.8, 4) is 0 Å². The summed E-state index contributed by atoms with van der Waals surface area (Å²) >= 11 is 2.94. The summed E-state index contributed by atoms with van der Waals surface area (Å²) < 4.78 is 13.5. The second-order valence-electron chi connectivity index (χ2n) is 4.08. The van der Waals surface area contributed by atoms with Crippen LogP contribution in [0.3, 0.4) is 0 Å². The molecule has 1 aromatic heterocycles. The summed E-state index contributed by atoms with van der Waals surface area (Å²) in [7, 11) is 0. The Hall–Kier alpha value is -2.02. The van der Waals surface area contributed by atoms with Gasteiger partial charge in [-0.3, -0.25) is 15.1 Å². The fourth-order valence-corrected chi connectivity index (χ4v) is 2.05. The highest BCUT2D eigenvalue weighted by Crippen LogP contribution is 2.30. The van der Waals surface area contributed by atoms with Crippen molar-refractivity contribution < 1.29 is 9.31 Å². The van der Waals surface area contributed by atoms with Crippen LogP contribution in [0.5, 0.6) is 0 Å². The Morgan fingerprint density at radius 1 is 1.45 bits per heavy atom. The number of hydrogen-bond donors (Lipinski definition) is 1. The summed E-state index contributed by atoms with van der Waals surface area (Å²) in [6, 6.07) is 6.00. The van der Waals surface area contributed by atoms with E-state index in [-0.39, 0.29) is 15.8 Å². The molecule has 0 unspecified atom stereocenters. The highest BCUT2D eigenvalue weighted by molar-refractivity contribution is 9.10. The van der Waals surface area contributed by atoms with Crippen molar-refractivity contribution in [3.63, 3.8) is 0 Å². The first kappa shape index (κ1) is 14.4. The van der Waals surface area contributed by atoms with Gasteiger partial charge in [-0.05, 0) is 34.0 Å². The second-order valence-corrected chi connectivity index (χ2v) is 4.93. The number of rotatable bonds is 5. The normalized spacial score (nSPS) is 10.3. The molecule has 0 aliphatic heterocycles.